The maximum Gasteiger partial charge on any atom is 0.253 e. The highest BCUT2D eigenvalue weighted by Gasteiger charge is 2.26. The predicted octanol–water partition coefficient (Wildman–Crippen LogP) is 4.30. The predicted molar refractivity (Wildman–Crippen MR) is 136 cm³/mol. The van der Waals surface area contributed by atoms with E-state index in [0.29, 0.717) is 17.7 Å². The Kier molecular flexibility index (Phi) is 6.92. The molecule has 34 heavy (non-hydrogen) atoms. The van der Waals surface area contributed by atoms with Gasteiger partial charge in [-0.05, 0) is 54.8 Å². The first-order chi connectivity index (χ1) is 16.4. The summed E-state index contributed by atoms with van der Waals surface area (Å²) in [6.07, 6.45) is 2.52. The first kappa shape index (κ1) is 23.0. The number of rotatable bonds is 7. The molecular weight excluding hydrogens is 426 g/mol. The van der Waals surface area contributed by atoms with Gasteiger partial charge in [-0.25, -0.2) is 0 Å². The summed E-state index contributed by atoms with van der Waals surface area (Å²) in [6.45, 7) is 0.728. The van der Waals surface area contributed by atoms with E-state index in [4.69, 9.17) is 11.1 Å². The number of nitrogens with two attached hydrogens (primary N) is 1. The number of benzene rings is 3. The van der Waals surface area contributed by atoms with Crippen molar-refractivity contribution in [1.29, 1.82) is 5.41 Å². The lowest BCUT2D eigenvalue weighted by Crippen LogP contribution is -2.36. The molecule has 0 aliphatic carbocycles. The van der Waals surface area contributed by atoms with E-state index in [9.17, 15) is 9.59 Å². The molecule has 3 aromatic carbocycles. The average molecular weight is 456 g/mol. The number of nitrogens with one attached hydrogen (secondary N) is 2. The molecule has 1 aliphatic rings. The molecule has 0 radical (unpaired) electrons. The molecule has 3 aromatic rings. The van der Waals surface area contributed by atoms with Crippen molar-refractivity contribution < 1.29 is 9.59 Å². The van der Waals surface area contributed by atoms with Crippen LogP contribution in [0, 0.1) is 5.41 Å². The van der Waals surface area contributed by atoms with Gasteiger partial charge in [0.15, 0.2) is 0 Å². The maximum atomic E-state index is 13.6. The van der Waals surface area contributed by atoms with Crippen molar-refractivity contribution in [3.63, 3.8) is 0 Å². The maximum absolute atomic E-state index is 13.6. The molecule has 174 valence electrons. The molecular formula is C27H29N5O2. The van der Waals surface area contributed by atoms with Crippen molar-refractivity contribution in [1.82, 2.24) is 0 Å². The zero-order valence-electron chi connectivity index (χ0n) is 19.2. The second kappa shape index (κ2) is 10.2. The SMILES string of the molecule is CN(C(=O)C(Nc1cccc(C(=N)N)c1)c1ccccc1)c1ccc(N2CCCCC2=O)cc1. The zero-order valence-corrected chi connectivity index (χ0v) is 19.2. The Morgan fingerprint density at radius 2 is 1.76 bits per heavy atom. The number of carbonyl (C=O) groups is 2. The second-order valence-corrected chi connectivity index (χ2v) is 8.40. The van der Waals surface area contributed by atoms with E-state index in [2.05, 4.69) is 5.32 Å². The number of hydrogen-bond donors (Lipinski definition) is 3. The van der Waals surface area contributed by atoms with Crippen molar-refractivity contribution in [2.45, 2.75) is 25.3 Å². The standard InChI is InChI=1S/C27H29N5O2/c1-31(22-13-15-23(16-14-22)32-17-6-5-12-24(32)33)27(34)25(19-8-3-2-4-9-19)30-21-11-7-10-20(18-21)26(28)29/h2-4,7-11,13-16,18,25,30H,5-6,12,17H2,1H3,(H3,28,29). The summed E-state index contributed by atoms with van der Waals surface area (Å²) in [5, 5.41) is 11.0. The summed E-state index contributed by atoms with van der Waals surface area (Å²) in [5.41, 5.74) is 9.33. The lowest BCUT2D eigenvalue weighted by molar-refractivity contribution is -0.120. The zero-order chi connectivity index (χ0) is 24.1. The lowest BCUT2D eigenvalue weighted by Gasteiger charge is -2.28. The van der Waals surface area contributed by atoms with Gasteiger partial charge in [0.25, 0.3) is 5.91 Å². The molecule has 1 aliphatic heterocycles. The number of hydrogen-bond acceptors (Lipinski definition) is 4. The molecule has 1 heterocycles. The van der Waals surface area contributed by atoms with Crippen molar-refractivity contribution in [2.75, 3.05) is 28.7 Å². The number of amidine groups is 1. The van der Waals surface area contributed by atoms with Gasteiger partial charge in [-0.1, -0.05) is 42.5 Å². The van der Waals surface area contributed by atoms with Crippen LogP contribution in [0.2, 0.25) is 0 Å². The molecule has 0 bridgehead atoms. The molecule has 1 atom stereocenters. The Labute approximate surface area is 199 Å². The number of likely N-dealkylation sites (N-methyl/N-ethyl adjacent to an activating group) is 1. The molecule has 7 nitrogen and oxygen atoms in total. The van der Waals surface area contributed by atoms with Crippen LogP contribution in [0.3, 0.4) is 0 Å². The number of piperidine rings is 1. The van der Waals surface area contributed by atoms with Crippen LogP contribution in [-0.2, 0) is 9.59 Å². The van der Waals surface area contributed by atoms with Crippen LogP contribution in [-0.4, -0.2) is 31.2 Å². The van der Waals surface area contributed by atoms with E-state index in [1.54, 1.807) is 30.1 Å². The van der Waals surface area contributed by atoms with Crippen molar-refractivity contribution in [3.8, 4) is 0 Å². The molecule has 0 saturated carbocycles. The van der Waals surface area contributed by atoms with Gasteiger partial charge in [0.2, 0.25) is 5.91 Å². The second-order valence-electron chi connectivity index (χ2n) is 8.40. The van der Waals surface area contributed by atoms with Gasteiger partial charge in [0.1, 0.15) is 11.9 Å². The normalized spacial score (nSPS) is 14.4. The van der Waals surface area contributed by atoms with Gasteiger partial charge in [-0.15, -0.1) is 0 Å². The molecule has 1 saturated heterocycles. The third kappa shape index (κ3) is 5.09. The lowest BCUT2D eigenvalue weighted by atomic mass is 10.0. The van der Waals surface area contributed by atoms with Crippen molar-refractivity contribution in [2.24, 2.45) is 5.73 Å². The van der Waals surface area contributed by atoms with E-state index in [-0.39, 0.29) is 17.6 Å². The summed E-state index contributed by atoms with van der Waals surface area (Å²) in [4.78, 5) is 29.3. The molecule has 1 unspecified atom stereocenters. The Hall–Kier alpha value is -4.13. The number of amides is 2. The molecule has 1 fully saturated rings. The van der Waals surface area contributed by atoms with Gasteiger partial charge in [-0.2, -0.15) is 0 Å². The minimum Gasteiger partial charge on any atom is -0.384 e. The fourth-order valence-electron chi connectivity index (χ4n) is 4.13. The summed E-state index contributed by atoms with van der Waals surface area (Å²) < 4.78 is 0. The molecule has 7 heteroatoms. The third-order valence-electron chi connectivity index (χ3n) is 6.07. The van der Waals surface area contributed by atoms with E-state index in [1.807, 2.05) is 65.6 Å². The van der Waals surface area contributed by atoms with Crippen LogP contribution < -0.4 is 20.9 Å². The summed E-state index contributed by atoms with van der Waals surface area (Å²) in [5.74, 6) is -0.0265. The van der Waals surface area contributed by atoms with Crippen molar-refractivity contribution in [3.05, 3.63) is 90.0 Å². The first-order valence-corrected chi connectivity index (χ1v) is 11.4. The Morgan fingerprint density at radius 3 is 2.44 bits per heavy atom. The highest BCUT2D eigenvalue weighted by Crippen LogP contribution is 2.27. The summed E-state index contributed by atoms with van der Waals surface area (Å²) in [7, 11) is 1.74. The molecule has 2 amide bonds. The molecule has 4 rings (SSSR count). The Bertz CT molecular complexity index is 1180. The van der Waals surface area contributed by atoms with Crippen LogP contribution in [0.4, 0.5) is 17.1 Å². The topological polar surface area (TPSA) is 103 Å². The first-order valence-electron chi connectivity index (χ1n) is 11.4. The Balaban J connectivity index is 1.58. The third-order valence-corrected chi connectivity index (χ3v) is 6.07. The molecule has 0 aromatic heterocycles. The highest BCUT2D eigenvalue weighted by molar-refractivity contribution is 6.00. The minimum atomic E-state index is -0.642. The van der Waals surface area contributed by atoms with Gasteiger partial charge in [0, 0.05) is 42.6 Å². The number of carbonyl (C=O) groups excluding carboxylic acids is 2. The van der Waals surface area contributed by atoms with Crippen LogP contribution in [0.5, 0.6) is 0 Å². The quantitative estimate of drug-likeness (QED) is 0.365. The van der Waals surface area contributed by atoms with Crippen LogP contribution in [0.1, 0.15) is 36.4 Å². The minimum absolute atomic E-state index is 0.0318. The smallest absolute Gasteiger partial charge is 0.253 e. The Morgan fingerprint density at radius 1 is 1.03 bits per heavy atom. The van der Waals surface area contributed by atoms with Crippen LogP contribution >= 0.6 is 0 Å². The van der Waals surface area contributed by atoms with Gasteiger partial charge in [0.05, 0.1) is 0 Å². The average Bonchev–Trinajstić information content (AvgIpc) is 2.87. The highest BCUT2D eigenvalue weighted by atomic mass is 16.2. The van der Waals surface area contributed by atoms with E-state index >= 15 is 0 Å². The fourth-order valence-corrected chi connectivity index (χ4v) is 4.13. The summed E-state index contributed by atoms with van der Waals surface area (Å²) in [6, 6.07) is 23.6. The van der Waals surface area contributed by atoms with E-state index in [1.165, 1.54) is 0 Å². The molecule has 0 spiro atoms. The number of nitrogen functional groups attached to an aromatic ring is 1. The summed E-state index contributed by atoms with van der Waals surface area (Å²) >= 11 is 0. The number of anilines is 3. The largest absolute Gasteiger partial charge is 0.384 e. The van der Waals surface area contributed by atoms with Crippen LogP contribution in [0.15, 0.2) is 78.9 Å². The van der Waals surface area contributed by atoms with E-state index < -0.39 is 6.04 Å². The van der Waals surface area contributed by atoms with E-state index in [0.717, 1.165) is 36.3 Å². The molecule has 4 N–H and O–H groups in total. The fraction of sp³-hybridized carbons (Fsp3) is 0.222. The van der Waals surface area contributed by atoms with Crippen molar-refractivity contribution >= 4 is 34.7 Å². The monoisotopic (exact) mass is 455 g/mol. The van der Waals surface area contributed by atoms with Gasteiger partial charge >= 0.3 is 0 Å². The van der Waals surface area contributed by atoms with Gasteiger partial charge in [-0.3, -0.25) is 15.0 Å². The van der Waals surface area contributed by atoms with Crippen LogP contribution in [0.25, 0.3) is 0 Å². The van der Waals surface area contributed by atoms with Gasteiger partial charge < -0.3 is 20.9 Å². The number of nitrogens with zero attached hydrogens (tertiary/aromatic N) is 2.